The quantitative estimate of drug-likeness (QED) is 0.369. The monoisotopic (exact) mass is 389 g/mol. The van der Waals surface area contributed by atoms with Gasteiger partial charge in [0, 0.05) is 12.6 Å². The summed E-state index contributed by atoms with van der Waals surface area (Å²) in [5.74, 6) is -0.527. The Morgan fingerprint density at radius 2 is 2.15 bits per heavy atom. The molecule has 0 spiro atoms. The number of rotatable bonds is 6. The first kappa shape index (κ1) is 18.8. The first-order chi connectivity index (χ1) is 12.3. The number of fused-ring (bicyclic) bond motifs is 2. The average molecular weight is 389 g/mol. The molecule has 3 amide bonds. The summed E-state index contributed by atoms with van der Waals surface area (Å²) >= 11 is 0. The number of urea groups is 1. The Labute approximate surface area is 149 Å². The van der Waals surface area contributed by atoms with E-state index in [4.69, 9.17) is 14.7 Å². The third-order valence-electron chi connectivity index (χ3n) is 4.65. The highest BCUT2D eigenvalue weighted by atomic mass is 32.3. The van der Waals surface area contributed by atoms with Crippen LogP contribution in [0, 0.1) is 11.3 Å². The first-order valence-corrected chi connectivity index (χ1v) is 9.49. The highest BCUT2D eigenvalue weighted by molar-refractivity contribution is 7.80. The molecular formula is C13H19N5O7S. The Hall–Kier alpha value is -1.98. The Kier molecular flexibility index (Phi) is 5.30. The van der Waals surface area contributed by atoms with Crippen LogP contribution in [-0.2, 0) is 24.3 Å². The molecule has 13 heteroatoms. The molecule has 144 valence electrons. The zero-order valence-electron chi connectivity index (χ0n) is 13.7. The Morgan fingerprint density at radius 3 is 2.81 bits per heavy atom. The molecule has 0 aromatic heterocycles. The molecule has 3 rings (SSSR count). The van der Waals surface area contributed by atoms with E-state index in [0.29, 0.717) is 24.3 Å². The van der Waals surface area contributed by atoms with Crippen molar-refractivity contribution in [3.05, 3.63) is 0 Å². The number of nitrogens with one attached hydrogen (secondary N) is 2. The van der Waals surface area contributed by atoms with E-state index < -0.39 is 34.4 Å². The van der Waals surface area contributed by atoms with Crippen LogP contribution in [0.4, 0.5) is 4.79 Å². The highest BCUT2D eigenvalue weighted by Gasteiger charge is 2.49. The minimum Gasteiger partial charge on any atom is -0.309 e. The molecule has 3 aliphatic rings. The number of hydrogen-bond acceptors (Lipinski definition) is 8. The lowest BCUT2D eigenvalue weighted by Crippen LogP contribution is -2.50. The van der Waals surface area contributed by atoms with Crippen molar-refractivity contribution in [1.29, 1.82) is 5.26 Å². The third-order valence-corrected chi connectivity index (χ3v) is 5.00. The summed E-state index contributed by atoms with van der Waals surface area (Å²) in [6, 6.07) is -0.327. The number of carbonyl (C=O) groups is 2. The molecule has 4 atom stereocenters. The van der Waals surface area contributed by atoms with Crippen LogP contribution in [-0.4, -0.2) is 72.2 Å². The fraction of sp³-hybridized carbons (Fsp3) is 0.769. The molecule has 0 aliphatic carbocycles. The van der Waals surface area contributed by atoms with Crippen LogP contribution in [0.25, 0.3) is 0 Å². The van der Waals surface area contributed by atoms with Gasteiger partial charge >= 0.3 is 16.4 Å². The lowest BCUT2D eigenvalue weighted by atomic mass is 10.0. The summed E-state index contributed by atoms with van der Waals surface area (Å²) in [7, 11) is -4.82. The summed E-state index contributed by atoms with van der Waals surface area (Å²) in [5.41, 5.74) is 2.30. The van der Waals surface area contributed by atoms with Crippen LogP contribution in [0.5, 0.6) is 0 Å². The number of amides is 3. The summed E-state index contributed by atoms with van der Waals surface area (Å²) in [6.07, 6.45) is 2.11. The molecule has 3 N–H and O–H groups in total. The summed E-state index contributed by atoms with van der Waals surface area (Å²) in [4.78, 5) is 30.9. The largest absolute Gasteiger partial charge is 0.418 e. The van der Waals surface area contributed by atoms with Crippen LogP contribution in [0.3, 0.4) is 0 Å². The molecule has 3 saturated heterocycles. The number of nitrogens with zero attached hydrogens (tertiary/aromatic N) is 3. The maximum Gasteiger partial charge on any atom is 0.418 e. The van der Waals surface area contributed by atoms with E-state index in [1.807, 2.05) is 0 Å². The van der Waals surface area contributed by atoms with Crippen molar-refractivity contribution in [2.75, 3.05) is 13.2 Å². The predicted octanol–water partition coefficient (Wildman–Crippen LogP) is -1.32. The van der Waals surface area contributed by atoms with Gasteiger partial charge in [0.25, 0.3) is 5.91 Å². The number of nitriles is 1. The topological polar surface area (TPSA) is 161 Å². The van der Waals surface area contributed by atoms with Crippen molar-refractivity contribution < 1.29 is 31.7 Å². The first-order valence-electron chi connectivity index (χ1n) is 8.12. The molecule has 3 fully saturated rings. The van der Waals surface area contributed by atoms with Gasteiger partial charge in [0.2, 0.25) is 0 Å². The lowest BCUT2D eigenvalue weighted by molar-refractivity contribution is -0.139. The molecule has 0 aromatic rings. The fourth-order valence-corrected chi connectivity index (χ4v) is 3.83. The maximum absolute atomic E-state index is 12.3. The predicted molar refractivity (Wildman–Crippen MR) is 83.0 cm³/mol. The van der Waals surface area contributed by atoms with Crippen molar-refractivity contribution in [3.8, 4) is 6.07 Å². The van der Waals surface area contributed by atoms with Crippen LogP contribution in [0.2, 0.25) is 0 Å². The zero-order chi connectivity index (χ0) is 18.9. The van der Waals surface area contributed by atoms with Gasteiger partial charge in [0.05, 0.1) is 24.8 Å². The van der Waals surface area contributed by atoms with Crippen molar-refractivity contribution in [1.82, 2.24) is 20.8 Å². The molecule has 0 radical (unpaired) electrons. The van der Waals surface area contributed by atoms with Gasteiger partial charge < -0.3 is 4.90 Å². The number of hydroxylamine groups is 3. The minimum atomic E-state index is -4.82. The van der Waals surface area contributed by atoms with Gasteiger partial charge in [0.1, 0.15) is 6.04 Å². The van der Waals surface area contributed by atoms with Crippen molar-refractivity contribution in [2.45, 2.75) is 49.9 Å². The Bertz CT molecular complexity index is 723. The maximum atomic E-state index is 12.3. The van der Waals surface area contributed by atoms with Gasteiger partial charge in [-0.15, -0.1) is 4.28 Å². The summed E-state index contributed by atoms with van der Waals surface area (Å²) in [6.45, 7) is 0.297. The van der Waals surface area contributed by atoms with Crippen LogP contribution in [0.1, 0.15) is 25.7 Å². The zero-order valence-corrected chi connectivity index (χ0v) is 14.5. The Morgan fingerprint density at radius 1 is 1.38 bits per heavy atom. The molecule has 3 heterocycles. The normalized spacial score (nSPS) is 31.2. The van der Waals surface area contributed by atoms with Crippen molar-refractivity contribution >= 4 is 22.3 Å². The molecule has 12 nitrogen and oxygen atoms in total. The SMILES string of the molecule is N#CC1CCC(CONC(=O)C2CCC3CN2C(=O)N3OS(=O)(=O)O)N1. The molecular weight excluding hydrogens is 370 g/mol. The van der Waals surface area contributed by atoms with Crippen LogP contribution < -0.4 is 10.8 Å². The number of piperidine rings is 1. The number of hydrogen-bond donors (Lipinski definition) is 3. The van der Waals surface area contributed by atoms with Crippen molar-refractivity contribution in [3.63, 3.8) is 0 Å². The van der Waals surface area contributed by atoms with Gasteiger partial charge in [-0.2, -0.15) is 18.7 Å². The molecule has 2 bridgehead atoms. The van der Waals surface area contributed by atoms with Gasteiger partial charge in [-0.1, -0.05) is 0 Å². The molecule has 0 aromatic carbocycles. The van der Waals surface area contributed by atoms with Crippen LogP contribution >= 0.6 is 0 Å². The Balaban J connectivity index is 1.50. The van der Waals surface area contributed by atoms with Crippen LogP contribution in [0.15, 0.2) is 0 Å². The highest BCUT2D eigenvalue weighted by Crippen LogP contribution is 2.30. The van der Waals surface area contributed by atoms with E-state index in [1.165, 1.54) is 4.90 Å². The van der Waals surface area contributed by atoms with E-state index in [1.54, 1.807) is 0 Å². The average Bonchev–Trinajstić information content (AvgIpc) is 3.13. The van der Waals surface area contributed by atoms with E-state index in [0.717, 1.165) is 6.42 Å². The second-order valence-corrected chi connectivity index (χ2v) is 7.41. The summed E-state index contributed by atoms with van der Waals surface area (Å²) < 4.78 is 34.7. The van der Waals surface area contributed by atoms with Gasteiger partial charge in [0.15, 0.2) is 0 Å². The van der Waals surface area contributed by atoms with E-state index in [2.05, 4.69) is 21.1 Å². The van der Waals surface area contributed by atoms with E-state index >= 15 is 0 Å². The summed E-state index contributed by atoms with van der Waals surface area (Å²) in [5, 5.41) is 12.4. The number of carbonyl (C=O) groups excluding carboxylic acids is 2. The second-order valence-electron chi connectivity index (χ2n) is 6.41. The lowest BCUT2D eigenvalue weighted by Gasteiger charge is -2.29. The standard InChI is InChI=1S/C13H19N5O7S/c14-5-8-1-2-9(15-8)7-24-16-12(19)11-4-3-10-6-17(11)13(20)18(10)25-26(21,22)23/h8-11,15H,1-4,6-7H2,(H,16,19)(H,21,22,23). The second kappa shape index (κ2) is 7.33. The third kappa shape index (κ3) is 4.05. The van der Waals surface area contributed by atoms with E-state index in [9.17, 15) is 18.0 Å². The van der Waals surface area contributed by atoms with Gasteiger partial charge in [-0.25, -0.2) is 10.3 Å². The van der Waals surface area contributed by atoms with Crippen molar-refractivity contribution in [2.24, 2.45) is 0 Å². The molecule has 4 unspecified atom stereocenters. The minimum absolute atomic E-state index is 0.0391. The van der Waals surface area contributed by atoms with Gasteiger partial charge in [-0.3, -0.25) is 19.5 Å². The smallest absolute Gasteiger partial charge is 0.309 e. The van der Waals surface area contributed by atoms with Gasteiger partial charge in [-0.05, 0) is 25.7 Å². The fourth-order valence-electron chi connectivity index (χ4n) is 3.44. The molecule has 3 aliphatic heterocycles. The molecule has 26 heavy (non-hydrogen) atoms. The molecule has 0 saturated carbocycles. The van der Waals surface area contributed by atoms with E-state index in [-0.39, 0.29) is 25.2 Å².